The molecule has 0 aliphatic carbocycles. The Balaban J connectivity index is 1.71. The van der Waals surface area contributed by atoms with Gasteiger partial charge in [0.25, 0.3) is 5.56 Å². The van der Waals surface area contributed by atoms with Crippen molar-refractivity contribution in [3.05, 3.63) is 67.9 Å². The lowest BCUT2D eigenvalue weighted by atomic mass is 9.93. The fraction of sp³-hybridized carbons (Fsp3) is 0.417. The quantitative estimate of drug-likeness (QED) is 0.524. The molecule has 0 bridgehead atoms. The zero-order chi connectivity index (χ0) is 21.0. The molecular weight excluding hydrogens is 442 g/mol. The van der Waals surface area contributed by atoms with E-state index in [1.807, 2.05) is 23.6 Å². The van der Waals surface area contributed by atoms with Crippen LogP contribution in [-0.4, -0.2) is 21.8 Å². The number of benzene rings is 2. The van der Waals surface area contributed by atoms with Gasteiger partial charge in [-0.2, -0.15) is 0 Å². The maximum Gasteiger partial charge on any atom is 0.263 e. The monoisotopic (exact) mass is 467 g/mol. The van der Waals surface area contributed by atoms with Crippen LogP contribution in [0.15, 0.2) is 45.7 Å². The Morgan fingerprint density at radius 2 is 1.87 bits per heavy atom. The first-order chi connectivity index (χ1) is 14.3. The Hall–Kier alpha value is -2.18. The Bertz CT molecular complexity index is 1180. The molecule has 6 heteroatoms. The van der Waals surface area contributed by atoms with Crippen LogP contribution in [-0.2, 0) is 17.8 Å². The van der Waals surface area contributed by atoms with Gasteiger partial charge in [0.05, 0.1) is 16.5 Å². The molecule has 156 valence electrons. The summed E-state index contributed by atoms with van der Waals surface area (Å²) in [5.41, 5.74) is 4.17. The topological polar surface area (TPSA) is 47.4 Å². The first-order valence-corrected chi connectivity index (χ1v) is 11.3. The van der Waals surface area contributed by atoms with Gasteiger partial charge in [0.1, 0.15) is 0 Å². The highest BCUT2D eigenvalue weighted by Crippen LogP contribution is 2.36. The summed E-state index contributed by atoms with van der Waals surface area (Å²) in [4.78, 5) is 21.1. The largest absolute Gasteiger partial charge is 0.375 e. The lowest BCUT2D eigenvalue weighted by molar-refractivity contribution is -0.0693. The predicted octanol–water partition coefficient (Wildman–Crippen LogP) is 5.12. The van der Waals surface area contributed by atoms with E-state index in [0.717, 1.165) is 47.4 Å². The lowest BCUT2D eigenvalue weighted by Gasteiger charge is -2.37. The first kappa shape index (κ1) is 19.8. The normalized spacial score (nSPS) is 20.5. The summed E-state index contributed by atoms with van der Waals surface area (Å²) >= 11 is 3.64. The third-order valence-corrected chi connectivity index (χ3v) is 6.85. The van der Waals surface area contributed by atoms with Crippen LogP contribution < -0.4 is 10.5 Å². The fourth-order valence-electron chi connectivity index (χ4n) is 4.83. The highest BCUT2D eigenvalue weighted by atomic mass is 79.9. The Morgan fingerprint density at radius 1 is 1.17 bits per heavy atom. The van der Waals surface area contributed by atoms with Crippen molar-refractivity contribution in [3.8, 4) is 0 Å². The number of aromatic nitrogens is 2. The predicted molar refractivity (Wildman–Crippen MR) is 123 cm³/mol. The summed E-state index contributed by atoms with van der Waals surface area (Å²) in [7, 11) is 0. The number of halogens is 1. The van der Waals surface area contributed by atoms with Gasteiger partial charge in [0, 0.05) is 30.2 Å². The van der Waals surface area contributed by atoms with Crippen molar-refractivity contribution in [1.29, 1.82) is 0 Å². The molecule has 5 rings (SSSR count). The standard InChI is InChI=1S/C24H26BrN3O2/c1-15-10-19-21(20(25)11-15)26-23(27-13-16-6-4-5-7-17(16)14-27)28(22(19)29)18-8-9-30-24(2,3)12-18/h4-7,10-11,18H,8-9,12-14H2,1-3H3. The molecule has 1 fully saturated rings. The van der Waals surface area contributed by atoms with E-state index in [4.69, 9.17) is 9.72 Å². The lowest BCUT2D eigenvalue weighted by Crippen LogP contribution is -2.40. The second kappa shape index (κ2) is 7.20. The Kier molecular flexibility index (Phi) is 4.75. The molecule has 2 aliphatic rings. The number of anilines is 1. The number of rotatable bonds is 2. The second-order valence-corrected chi connectivity index (χ2v) is 9.96. The second-order valence-electron chi connectivity index (χ2n) is 9.11. The van der Waals surface area contributed by atoms with E-state index in [9.17, 15) is 4.79 Å². The van der Waals surface area contributed by atoms with Crippen LogP contribution in [0.25, 0.3) is 10.9 Å². The number of aryl methyl sites for hydroxylation is 1. The van der Waals surface area contributed by atoms with Gasteiger partial charge in [-0.25, -0.2) is 4.98 Å². The molecule has 0 radical (unpaired) electrons. The van der Waals surface area contributed by atoms with Crippen LogP contribution in [0.3, 0.4) is 0 Å². The van der Waals surface area contributed by atoms with Crippen molar-refractivity contribution in [2.75, 3.05) is 11.5 Å². The van der Waals surface area contributed by atoms with E-state index in [-0.39, 0.29) is 17.2 Å². The molecule has 1 atom stereocenters. The van der Waals surface area contributed by atoms with Crippen LogP contribution in [0.4, 0.5) is 5.95 Å². The molecule has 0 saturated carbocycles. The van der Waals surface area contributed by atoms with Crippen molar-refractivity contribution in [2.45, 2.75) is 58.3 Å². The third-order valence-electron chi connectivity index (χ3n) is 6.24. The molecule has 1 unspecified atom stereocenters. The van der Waals surface area contributed by atoms with Crippen molar-refractivity contribution in [2.24, 2.45) is 0 Å². The Labute approximate surface area is 184 Å². The van der Waals surface area contributed by atoms with Gasteiger partial charge in [-0.1, -0.05) is 24.3 Å². The molecule has 5 nitrogen and oxygen atoms in total. The highest BCUT2D eigenvalue weighted by molar-refractivity contribution is 9.10. The summed E-state index contributed by atoms with van der Waals surface area (Å²) in [6.45, 7) is 8.40. The fourth-order valence-corrected chi connectivity index (χ4v) is 5.50. The molecule has 3 aromatic rings. The average molecular weight is 468 g/mol. The number of hydrogen-bond acceptors (Lipinski definition) is 4. The minimum atomic E-state index is -0.254. The van der Waals surface area contributed by atoms with Crippen LogP contribution in [0.5, 0.6) is 0 Å². The molecular formula is C24H26BrN3O2. The average Bonchev–Trinajstić information content (AvgIpc) is 3.11. The van der Waals surface area contributed by atoms with E-state index in [1.165, 1.54) is 11.1 Å². The van der Waals surface area contributed by atoms with Gasteiger partial charge in [-0.15, -0.1) is 0 Å². The van der Waals surface area contributed by atoms with Gasteiger partial charge in [0.15, 0.2) is 0 Å². The molecule has 0 N–H and O–H groups in total. The summed E-state index contributed by atoms with van der Waals surface area (Å²) in [6.07, 6.45) is 1.61. The molecule has 30 heavy (non-hydrogen) atoms. The SMILES string of the molecule is Cc1cc(Br)c2nc(N3Cc4ccccc4C3)n(C3CCOC(C)(C)C3)c(=O)c2c1. The molecule has 3 heterocycles. The van der Waals surface area contributed by atoms with Crippen molar-refractivity contribution in [3.63, 3.8) is 0 Å². The number of fused-ring (bicyclic) bond motifs is 2. The zero-order valence-corrected chi connectivity index (χ0v) is 19.2. The summed E-state index contributed by atoms with van der Waals surface area (Å²) < 4.78 is 8.76. The van der Waals surface area contributed by atoms with E-state index >= 15 is 0 Å². The highest BCUT2D eigenvalue weighted by Gasteiger charge is 2.34. The van der Waals surface area contributed by atoms with Gasteiger partial charge in [-0.05, 0) is 78.4 Å². The summed E-state index contributed by atoms with van der Waals surface area (Å²) in [5, 5.41) is 0.673. The maximum absolute atomic E-state index is 13.8. The van der Waals surface area contributed by atoms with Crippen LogP contribution in [0.1, 0.15) is 49.4 Å². The van der Waals surface area contributed by atoms with Crippen LogP contribution in [0, 0.1) is 6.92 Å². The van der Waals surface area contributed by atoms with Crippen molar-refractivity contribution >= 4 is 32.8 Å². The van der Waals surface area contributed by atoms with E-state index in [2.05, 4.69) is 58.9 Å². The van der Waals surface area contributed by atoms with Crippen LogP contribution >= 0.6 is 15.9 Å². The van der Waals surface area contributed by atoms with Gasteiger partial charge in [-0.3, -0.25) is 9.36 Å². The van der Waals surface area contributed by atoms with Crippen LogP contribution in [0.2, 0.25) is 0 Å². The molecule has 0 spiro atoms. The third kappa shape index (κ3) is 3.36. The molecule has 1 saturated heterocycles. The first-order valence-electron chi connectivity index (χ1n) is 10.5. The van der Waals surface area contributed by atoms with Crippen molar-refractivity contribution in [1.82, 2.24) is 9.55 Å². The van der Waals surface area contributed by atoms with E-state index in [1.54, 1.807) is 0 Å². The smallest absolute Gasteiger partial charge is 0.263 e. The van der Waals surface area contributed by atoms with E-state index < -0.39 is 0 Å². The zero-order valence-electron chi connectivity index (χ0n) is 17.6. The van der Waals surface area contributed by atoms with Gasteiger partial charge >= 0.3 is 0 Å². The van der Waals surface area contributed by atoms with Gasteiger partial charge in [0.2, 0.25) is 5.95 Å². The van der Waals surface area contributed by atoms with Crippen molar-refractivity contribution < 1.29 is 4.74 Å². The number of nitrogens with zero attached hydrogens (tertiary/aromatic N) is 3. The minimum Gasteiger partial charge on any atom is -0.375 e. The van der Waals surface area contributed by atoms with Gasteiger partial charge < -0.3 is 9.64 Å². The summed E-state index contributed by atoms with van der Waals surface area (Å²) in [5.74, 6) is 0.760. The molecule has 1 aromatic heterocycles. The number of ether oxygens (including phenoxy) is 1. The maximum atomic E-state index is 13.8. The Morgan fingerprint density at radius 3 is 2.53 bits per heavy atom. The van der Waals surface area contributed by atoms with E-state index in [0.29, 0.717) is 12.0 Å². The molecule has 2 aliphatic heterocycles. The summed E-state index contributed by atoms with van der Waals surface area (Å²) in [6, 6.07) is 12.5. The number of hydrogen-bond donors (Lipinski definition) is 0. The molecule has 2 aromatic carbocycles. The minimum absolute atomic E-state index is 0.0399. The molecule has 0 amide bonds.